The highest BCUT2D eigenvalue weighted by Crippen LogP contribution is 2.32. The molecule has 0 radical (unpaired) electrons. The van der Waals surface area contributed by atoms with Gasteiger partial charge in [0.2, 0.25) is 0 Å². The summed E-state index contributed by atoms with van der Waals surface area (Å²) < 4.78 is 32.2. The number of carbonyl (C=O) groups is 3. The summed E-state index contributed by atoms with van der Waals surface area (Å²) >= 11 is 0. The zero-order valence-corrected chi connectivity index (χ0v) is 28.4. The highest BCUT2D eigenvalue weighted by molar-refractivity contribution is 5.91. The minimum absolute atomic E-state index is 0.0758. The molecule has 46 heavy (non-hydrogen) atoms. The lowest BCUT2D eigenvalue weighted by molar-refractivity contribution is -0.158. The van der Waals surface area contributed by atoms with Gasteiger partial charge in [0.15, 0.2) is 11.5 Å². The third-order valence-corrected chi connectivity index (χ3v) is 8.19. The van der Waals surface area contributed by atoms with E-state index in [9.17, 15) is 14.4 Å². The standard InChI is InChI=1S/C37H52O9/c1-7-37(4,28(2)3)36(40)45-24-14-12-10-8-9-11-13-23-43-31-19-17-30(18-20-31)35(39)46-32-21-15-29(27-33(32)42-6)16-22-34(38)44-26-25-41-5/h15-22,27-28H,7-14,23-26H2,1-6H3/b22-16+. The van der Waals surface area contributed by atoms with Crippen LogP contribution in [0.5, 0.6) is 17.2 Å². The molecular weight excluding hydrogens is 588 g/mol. The van der Waals surface area contributed by atoms with Crippen molar-refractivity contribution in [1.82, 2.24) is 0 Å². The first-order valence-electron chi connectivity index (χ1n) is 16.3. The molecule has 0 aliphatic carbocycles. The second-order valence-electron chi connectivity index (χ2n) is 11.7. The molecule has 254 valence electrons. The fourth-order valence-electron chi connectivity index (χ4n) is 4.55. The van der Waals surface area contributed by atoms with Crippen LogP contribution in [0.2, 0.25) is 0 Å². The number of benzene rings is 2. The van der Waals surface area contributed by atoms with Crippen molar-refractivity contribution in [3.05, 3.63) is 59.7 Å². The van der Waals surface area contributed by atoms with E-state index in [1.807, 2.05) is 13.8 Å². The highest BCUT2D eigenvalue weighted by Gasteiger charge is 2.36. The summed E-state index contributed by atoms with van der Waals surface area (Å²) in [6, 6.07) is 11.8. The van der Waals surface area contributed by atoms with E-state index in [1.54, 1.807) is 48.5 Å². The second-order valence-corrected chi connectivity index (χ2v) is 11.7. The van der Waals surface area contributed by atoms with Crippen molar-refractivity contribution in [1.29, 1.82) is 0 Å². The predicted octanol–water partition coefficient (Wildman–Crippen LogP) is 7.84. The van der Waals surface area contributed by atoms with Crippen LogP contribution in [-0.4, -0.2) is 58.6 Å². The molecule has 1 atom stereocenters. The monoisotopic (exact) mass is 640 g/mol. The van der Waals surface area contributed by atoms with Gasteiger partial charge in [0, 0.05) is 13.2 Å². The van der Waals surface area contributed by atoms with Gasteiger partial charge >= 0.3 is 17.9 Å². The molecule has 0 bridgehead atoms. The average Bonchev–Trinajstić information content (AvgIpc) is 3.06. The molecule has 0 aromatic heterocycles. The van der Waals surface area contributed by atoms with Crippen LogP contribution in [0.15, 0.2) is 48.5 Å². The molecule has 0 fully saturated rings. The zero-order chi connectivity index (χ0) is 33.8. The van der Waals surface area contributed by atoms with Gasteiger partial charge in [-0.05, 0) is 80.1 Å². The van der Waals surface area contributed by atoms with Gasteiger partial charge in [-0.1, -0.05) is 58.9 Å². The van der Waals surface area contributed by atoms with Gasteiger partial charge in [-0.15, -0.1) is 0 Å². The fourth-order valence-corrected chi connectivity index (χ4v) is 4.55. The Bertz CT molecular complexity index is 1240. The quantitative estimate of drug-likeness (QED) is 0.0550. The number of unbranched alkanes of at least 4 members (excludes halogenated alkanes) is 6. The molecule has 0 N–H and O–H groups in total. The van der Waals surface area contributed by atoms with Gasteiger partial charge in [0.05, 0.1) is 37.9 Å². The van der Waals surface area contributed by atoms with E-state index in [0.717, 1.165) is 51.4 Å². The number of esters is 3. The highest BCUT2D eigenvalue weighted by atomic mass is 16.6. The van der Waals surface area contributed by atoms with Crippen LogP contribution in [0.4, 0.5) is 0 Å². The van der Waals surface area contributed by atoms with Crippen molar-refractivity contribution >= 4 is 24.0 Å². The molecule has 0 saturated carbocycles. The second kappa shape index (κ2) is 21.0. The van der Waals surface area contributed by atoms with Crippen molar-refractivity contribution in [3.8, 4) is 17.2 Å². The molecular formula is C37H52O9. The van der Waals surface area contributed by atoms with Crippen LogP contribution < -0.4 is 14.2 Å². The topological polar surface area (TPSA) is 107 Å². The molecule has 0 aliphatic rings. The number of ether oxygens (including phenoxy) is 6. The first-order valence-corrected chi connectivity index (χ1v) is 16.3. The van der Waals surface area contributed by atoms with Gasteiger partial charge in [0.1, 0.15) is 12.4 Å². The van der Waals surface area contributed by atoms with Crippen molar-refractivity contribution in [2.75, 3.05) is 40.6 Å². The Morgan fingerprint density at radius 3 is 2.04 bits per heavy atom. The smallest absolute Gasteiger partial charge is 0.343 e. The van der Waals surface area contributed by atoms with Crippen LogP contribution in [0.3, 0.4) is 0 Å². The summed E-state index contributed by atoms with van der Waals surface area (Å²) in [7, 11) is 3.01. The lowest BCUT2D eigenvalue weighted by Crippen LogP contribution is -2.34. The Morgan fingerprint density at radius 2 is 1.43 bits per heavy atom. The molecule has 0 aliphatic heterocycles. The van der Waals surface area contributed by atoms with Gasteiger partial charge < -0.3 is 28.4 Å². The Morgan fingerprint density at radius 1 is 0.783 bits per heavy atom. The third-order valence-electron chi connectivity index (χ3n) is 8.19. The van der Waals surface area contributed by atoms with Crippen molar-refractivity contribution in [2.24, 2.45) is 11.3 Å². The summed E-state index contributed by atoms with van der Waals surface area (Å²) in [6.45, 7) is 9.78. The first kappa shape index (κ1) is 38.3. The maximum absolute atomic E-state index is 12.7. The fraction of sp³-hybridized carbons (Fsp3) is 0.541. The van der Waals surface area contributed by atoms with E-state index in [4.69, 9.17) is 28.4 Å². The summed E-state index contributed by atoms with van der Waals surface area (Å²) in [5, 5.41) is 0. The van der Waals surface area contributed by atoms with E-state index >= 15 is 0 Å². The maximum atomic E-state index is 12.7. The Hall–Kier alpha value is -3.85. The van der Waals surface area contributed by atoms with Crippen LogP contribution in [0, 0.1) is 11.3 Å². The zero-order valence-electron chi connectivity index (χ0n) is 28.4. The lowest BCUT2D eigenvalue weighted by atomic mass is 9.77. The van der Waals surface area contributed by atoms with Gasteiger partial charge in [-0.2, -0.15) is 0 Å². The molecule has 9 nitrogen and oxygen atoms in total. The van der Waals surface area contributed by atoms with Gasteiger partial charge in [-0.25, -0.2) is 9.59 Å². The largest absolute Gasteiger partial charge is 0.494 e. The summed E-state index contributed by atoms with van der Waals surface area (Å²) in [5.74, 6) is 0.483. The first-order chi connectivity index (χ1) is 22.1. The number of rotatable bonds is 22. The number of hydrogen-bond acceptors (Lipinski definition) is 9. The number of carbonyl (C=O) groups excluding carboxylic acids is 3. The Kier molecular flexibility index (Phi) is 17.5. The maximum Gasteiger partial charge on any atom is 0.343 e. The van der Waals surface area contributed by atoms with Crippen LogP contribution >= 0.6 is 0 Å². The lowest BCUT2D eigenvalue weighted by Gasteiger charge is -2.29. The third kappa shape index (κ3) is 13.3. The summed E-state index contributed by atoms with van der Waals surface area (Å²) in [6.07, 6.45) is 11.1. The molecule has 0 amide bonds. The average molecular weight is 641 g/mol. The van der Waals surface area contributed by atoms with E-state index in [1.165, 1.54) is 20.3 Å². The summed E-state index contributed by atoms with van der Waals surface area (Å²) in [4.78, 5) is 36.9. The minimum Gasteiger partial charge on any atom is -0.494 e. The minimum atomic E-state index is -0.525. The van der Waals surface area contributed by atoms with Crippen molar-refractivity contribution in [2.45, 2.75) is 79.1 Å². The SMILES string of the molecule is CCC(C)(C(=O)OCCCCCCCCCOc1ccc(C(=O)Oc2ccc(/C=C/C(=O)OCCOC)cc2OC)cc1)C(C)C. The van der Waals surface area contributed by atoms with E-state index in [-0.39, 0.29) is 24.2 Å². The van der Waals surface area contributed by atoms with E-state index < -0.39 is 17.4 Å². The van der Waals surface area contributed by atoms with Gasteiger partial charge in [0.25, 0.3) is 0 Å². The van der Waals surface area contributed by atoms with E-state index in [2.05, 4.69) is 13.8 Å². The normalized spacial score (nSPS) is 12.5. The molecule has 9 heteroatoms. The van der Waals surface area contributed by atoms with Gasteiger partial charge in [-0.3, -0.25) is 4.79 Å². The summed E-state index contributed by atoms with van der Waals surface area (Å²) in [5.41, 5.74) is 0.660. The Labute approximate surface area is 274 Å². The molecule has 2 aromatic rings. The molecule has 1 unspecified atom stereocenters. The molecule has 2 aromatic carbocycles. The molecule has 0 heterocycles. The van der Waals surface area contributed by atoms with Crippen molar-refractivity contribution < 1.29 is 42.8 Å². The van der Waals surface area contributed by atoms with Crippen LogP contribution in [0.25, 0.3) is 6.08 Å². The molecule has 2 rings (SSSR count). The van der Waals surface area contributed by atoms with Crippen molar-refractivity contribution in [3.63, 3.8) is 0 Å². The van der Waals surface area contributed by atoms with Crippen LogP contribution in [-0.2, 0) is 23.8 Å². The number of hydrogen-bond donors (Lipinski definition) is 0. The predicted molar refractivity (Wildman–Crippen MR) is 178 cm³/mol. The molecule has 0 spiro atoms. The number of methoxy groups -OCH3 is 2. The molecule has 0 saturated heterocycles. The van der Waals surface area contributed by atoms with E-state index in [0.29, 0.717) is 42.4 Å². The van der Waals surface area contributed by atoms with Crippen LogP contribution in [0.1, 0.15) is 95.0 Å². The Balaban J connectivity index is 1.65.